The molecule has 1 heterocycles. The Morgan fingerprint density at radius 2 is 1.76 bits per heavy atom. The molecule has 1 aromatic carbocycles. The van der Waals surface area contributed by atoms with Crippen LogP contribution in [-0.2, 0) is 20.7 Å². The Kier molecular flexibility index (Phi) is 8.44. The average Bonchev–Trinajstić information content (AvgIpc) is 2.72. The van der Waals surface area contributed by atoms with Crippen molar-refractivity contribution in [1.82, 2.24) is 9.97 Å². The molecule has 158 valence electrons. The fourth-order valence-electron chi connectivity index (χ4n) is 2.54. The summed E-state index contributed by atoms with van der Waals surface area (Å²) in [6, 6.07) is 3.65. The number of hydrogen-bond donors (Lipinski definition) is 2. The van der Waals surface area contributed by atoms with E-state index >= 15 is 0 Å². The third kappa shape index (κ3) is 6.19. The number of hydrogen-bond acceptors (Lipinski definition) is 9. The van der Waals surface area contributed by atoms with Crippen LogP contribution in [0.1, 0.15) is 11.1 Å². The van der Waals surface area contributed by atoms with Gasteiger partial charge in [0.15, 0.2) is 11.5 Å². The number of nitrogens with two attached hydrogens (primary N) is 1. The van der Waals surface area contributed by atoms with Crippen molar-refractivity contribution >= 4 is 17.7 Å². The van der Waals surface area contributed by atoms with E-state index in [1.807, 2.05) is 12.1 Å². The van der Waals surface area contributed by atoms with Crippen molar-refractivity contribution in [2.75, 3.05) is 59.3 Å². The summed E-state index contributed by atoms with van der Waals surface area (Å²) in [7, 11) is 6.20. The molecular weight excluding hydrogens is 380 g/mol. The summed E-state index contributed by atoms with van der Waals surface area (Å²) in [4.78, 5) is 20.1. The molecule has 2 rings (SSSR count). The molecule has 0 spiro atoms. The first-order valence-corrected chi connectivity index (χ1v) is 8.79. The molecule has 0 aliphatic rings. The predicted molar refractivity (Wildman–Crippen MR) is 107 cm³/mol. The van der Waals surface area contributed by atoms with Crippen LogP contribution in [0.2, 0.25) is 0 Å². The lowest BCUT2D eigenvalue weighted by Crippen LogP contribution is -2.21. The Morgan fingerprint density at radius 1 is 1.07 bits per heavy atom. The Hall–Kier alpha value is -3.11. The van der Waals surface area contributed by atoms with Gasteiger partial charge in [0.05, 0.1) is 34.5 Å². The number of carbonyl (C=O) groups excluding carboxylic acids is 1. The van der Waals surface area contributed by atoms with Crippen LogP contribution in [0.25, 0.3) is 0 Å². The first-order valence-electron chi connectivity index (χ1n) is 8.79. The van der Waals surface area contributed by atoms with Crippen LogP contribution in [0.3, 0.4) is 0 Å². The molecule has 0 fully saturated rings. The first-order chi connectivity index (χ1) is 14.0. The number of benzene rings is 1. The highest BCUT2D eigenvalue weighted by Gasteiger charge is 2.15. The van der Waals surface area contributed by atoms with Crippen molar-refractivity contribution in [1.29, 1.82) is 0 Å². The van der Waals surface area contributed by atoms with E-state index in [2.05, 4.69) is 15.3 Å². The second-order valence-electron chi connectivity index (χ2n) is 5.91. The number of aromatic nitrogens is 2. The molecule has 10 nitrogen and oxygen atoms in total. The molecule has 1 amide bonds. The van der Waals surface area contributed by atoms with Crippen LogP contribution in [0.15, 0.2) is 18.3 Å². The van der Waals surface area contributed by atoms with Crippen molar-refractivity contribution in [3.8, 4) is 17.2 Å². The van der Waals surface area contributed by atoms with Crippen molar-refractivity contribution < 1.29 is 28.5 Å². The van der Waals surface area contributed by atoms with Crippen LogP contribution in [0.5, 0.6) is 17.2 Å². The van der Waals surface area contributed by atoms with Gasteiger partial charge < -0.3 is 29.4 Å². The average molecular weight is 406 g/mol. The van der Waals surface area contributed by atoms with Gasteiger partial charge in [-0.15, -0.1) is 0 Å². The zero-order valence-electron chi connectivity index (χ0n) is 17.0. The maximum atomic E-state index is 11.8. The predicted octanol–water partition coefficient (Wildman–Crippen LogP) is 1.28. The van der Waals surface area contributed by atoms with Crippen LogP contribution < -0.4 is 25.3 Å². The van der Waals surface area contributed by atoms with Gasteiger partial charge in [-0.05, 0) is 17.7 Å². The number of methoxy groups -OCH3 is 4. The summed E-state index contributed by atoms with van der Waals surface area (Å²) in [6.07, 6.45) is 2.00. The molecule has 0 saturated carbocycles. The Balaban J connectivity index is 2.08. The van der Waals surface area contributed by atoms with Crippen LogP contribution >= 0.6 is 0 Å². The maximum absolute atomic E-state index is 11.8. The SMILES string of the molecule is COCCOCC(=O)Nc1ncc(Cc2cc(OC)c(OC)c(OC)c2)c(N)n1. The zero-order valence-corrected chi connectivity index (χ0v) is 17.0. The van der Waals surface area contributed by atoms with E-state index in [1.165, 1.54) is 0 Å². The summed E-state index contributed by atoms with van der Waals surface area (Å²) in [5, 5.41) is 2.54. The zero-order chi connectivity index (χ0) is 21.2. The summed E-state index contributed by atoms with van der Waals surface area (Å²) >= 11 is 0. The number of rotatable bonds is 11. The fourth-order valence-corrected chi connectivity index (χ4v) is 2.54. The highest BCUT2D eigenvalue weighted by molar-refractivity contribution is 5.90. The smallest absolute Gasteiger partial charge is 0.252 e. The maximum Gasteiger partial charge on any atom is 0.252 e. The third-order valence-electron chi connectivity index (χ3n) is 3.93. The minimum atomic E-state index is -0.377. The molecule has 0 unspecified atom stereocenters. The van der Waals surface area contributed by atoms with Gasteiger partial charge in [0.25, 0.3) is 5.91 Å². The van der Waals surface area contributed by atoms with E-state index in [-0.39, 0.29) is 24.3 Å². The molecule has 0 saturated heterocycles. The summed E-state index contributed by atoms with van der Waals surface area (Å²) in [5.41, 5.74) is 7.61. The normalized spacial score (nSPS) is 10.5. The minimum Gasteiger partial charge on any atom is -0.493 e. The van der Waals surface area contributed by atoms with E-state index < -0.39 is 0 Å². The minimum absolute atomic E-state index is 0.108. The topological polar surface area (TPSA) is 127 Å². The van der Waals surface area contributed by atoms with Crippen LogP contribution in [0, 0.1) is 0 Å². The molecule has 10 heteroatoms. The van der Waals surface area contributed by atoms with Gasteiger partial charge in [-0.25, -0.2) is 4.98 Å². The lowest BCUT2D eigenvalue weighted by Gasteiger charge is -2.14. The highest BCUT2D eigenvalue weighted by atomic mass is 16.5. The summed E-state index contributed by atoms with van der Waals surface area (Å²) in [6.45, 7) is 0.604. The summed E-state index contributed by atoms with van der Waals surface area (Å²) < 4.78 is 26.0. The largest absolute Gasteiger partial charge is 0.493 e. The van der Waals surface area contributed by atoms with Gasteiger partial charge in [0.2, 0.25) is 11.7 Å². The molecule has 0 radical (unpaired) electrons. The summed E-state index contributed by atoms with van der Waals surface area (Å²) in [5.74, 6) is 1.57. The molecule has 2 aromatic rings. The Bertz CT molecular complexity index is 805. The van der Waals surface area contributed by atoms with E-state index in [0.29, 0.717) is 42.4 Å². The number of ether oxygens (including phenoxy) is 5. The van der Waals surface area contributed by atoms with E-state index in [9.17, 15) is 4.79 Å². The van der Waals surface area contributed by atoms with E-state index in [1.54, 1.807) is 34.6 Å². The van der Waals surface area contributed by atoms with Gasteiger partial charge in [0, 0.05) is 25.3 Å². The Labute approximate surface area is 169 Å². The number of amides is 1. The molecule has 29 heavy (non-hydrogen) atoms. The number of nitrogens with one attached hydrogen (secondary N) is 1. The lowest BCUT2D eigenvalue weighted by molar-refractivity contribution is -0.121. The monoisotopic (exact) mass is 406 g/mol. The molecule has 1 aromatic heterocycles. The van der Waals surface area contributed by atoms with Gasteiger partial charge in [-0.2, -0.15) is 4.98 Å². The molecule has 0 atom stereocenters. The van der Waals surface area contributed by atoms with Crippen LogP contribution in [-0.4, -0.2) is 64.1 Å². The number of carbonyl (C=O) groups is 1. The highest BCUT2D eigenvalue weighted by Crippen LogP contribution is 2.38. The van der Waals surface area contributed by atoms with Crippen molar-refractivity contribution in [2.24, 2.45) is 0 Å². The lowest BCUT2D eigenvalue weighted by atomic mass is 10.1. The third-order valence-corrected chi connectivity index (χ3v) is 3.93. The second-order valence-corrected chi connectivity index (χ2v) is 5.91. The molecule has 3 N–H and O–H groups in total. The molecule has 0 aliphatic heterocycles. The van der Waals surface area contributed by atoms with Gasteiger partial charge in [0.1, 0.15) is 12.4 Å². The van der Waals surface area contributed by atoms with Crippen molar-refractivity contribution in [2.45, 2.75) is 6.42 Å². The van der Waals surface area contributed by atoms with Gasteiger partial charge in [-0.1, -0.05) is 0 Å². The van der Waals surface area contributed by atoms with Crippen LogP contribution in [0.4, 0.5) is 11.8 Å². The van der Waals surface area contributed by atoms with Gasteiger partial charge in [-0.3, -0.25) is 10.1 Å². The van der Waals surface area contributed by atoms with Gasteiger partial charge >= 0.3 is 0 Å². The number of anilines is 2. The van der Waals surface area contributed by atoms with E-state index in [0.717, 1.165) is 5.56 Å². The standard InChI is InChI=1S/C19H26N4O6/c1-25-5-6-29-11-16(24)22-19-21-10-13(18(20)23-19)7-12-8-14(26-2)17(28-4)15(9-12)27-3/h8-10H,5-7,11H2,1-4H3,(H3,20,21,22,23,24). The Morgan fingerprint density at radius 3 is 2.31 bits per heavy atom. The number of nitrogens with zero attached hydrogens (tertiary/aromatic N) is 2. The molecular formula is C19H26N4O6. The van der Waals surface area contributed by atoms with Crippen molar-refractivity contribution in [3.05, 3.63) is 29.5 Å². The quantitative estimate of drug-likeness (QED) is 0.530. The first kappa shape index (κ1) is 22.2. The molecule has 0 bridgehead atoms. The fraction of sp³-hybridized carbons (Fsp3) is 0.421. The molecule has 0 aliphatic carbocycles. The second kappa shape index (κ2) is 11.0. The van der Waals surface area contributed by atoms with E-state index in [4.69, 9.17) is 29.4 Å². The number of nitrogen functional groups attached to an aromatic ring is 1. The van der Waals surface area contributed by atoms with Crippen molar-refractivity contribution in [3.63, 3.8) is 0 Å².